The third-order valence-electron chi connectivity index (χ3n) is 3.51. The lowest BCUT2D eigenvalue weighted by Crippen LogP contribution is -2.42. The topological polar surface area (TPSA) is 66.0 Å². The Hall–Kier alpha value is -1.95. The predicted molar refractivity (Wildman–Crippen MR) is 117 cm³/mol. The van der Waals surface area contributed by atoms with Crippen LogP contribution in [0, 0.1) is 0 Å². The molecule has 154 valence electrons. The molecule has 0 fully saturated rings. The number of amides is 1. The predicted octanol–water partition coefficient (Wildman–Crippen LogP) is 3.29. The first kappa shape index (κ1) is 24.1. The Kier molecular flexibility index (Phi) is 10.8. The molecule has 2 N–H and O–H groups in total. The number of aliphatic imine (C=N–C) groups is 1. The van der Waals surface area contributed by atoms with Crippen LogP contribution in [0.4, 0.5) is 8.78 Å². The molecule has 0 aliphatic carbocycles. The van der Waals surface area contributed by atoms with Crippen molar-refractivity contribution in [2.45, 2.75) is 19.7 Å². The van der Waals surface area contributed by atoms with Crippen LogP contribution < -0.4 is 15.4 Å². The third-order valence-corrected chi connectivity index (χ3v) is 4.39. The van der Waals surface area contributed by atoms with E-state index in [1.54, 1.807) is 43.6 Å². The molecular formula is C18H23F2IN4O2S. The zero-order valence-corrected chi connectivity index (χ0v) is 18.7. The molecule has 10 heteroatoms. The SMILES string of the molecule is CN(C)C(=O)CNC(=NCc1ccccc1OC(F)F)NCc1cccs1.I. The lowest BCUT2D eigenvalue weighted by molar-refractivity contribution is -0.127. The van der Waals surface area contributed by atoms with Gasteiger partial charge in [-0.2, -0.15) is 8.78 Å². The number of nitrogens with one attached hydrogen (secondary N) is 2. The highest BCUT2D eigenvalue weighted by molar-refractivity contribution is 14.0. The van der Waals surface area contributed by atoms with Crippen LogP contribution in [0.3, 0.4) is 0 Å². The van der Waals surface area contributed by atoms with Gasteiger partial charge in [0.05, 0.1) is 19.6 Å². The van der Waals surface area contributed by atoms with Crippen molar-refractivity contribution >= 4 is 47.2 Å². The number of guanidine groups is 1. The van der Waals surface area contributed by atoms with Crippen molar-refractivity contribution in [1.82, 2.24) is 15.5 Å². The van der Waals surface area contributed by atoms with Crippen molar-refractivity contribution in [3.8, 4) is 5.75 Å². The lowest BCUT2D eigenvalue weighted by Gasteiger charge is -2.15. The summed E-state index contributed by atoms with van der Waals surface area (Å²) in [5, 5.41) is 8.06. The summed E-state index contributed by atoms with van der Waals surface area (Å²) in [5.41, 5.74) is 0.522. The van der Waals surface area contributed by atoms with Gasteiger partial charge in [-0.25, -0.2) is 4.99 Å². The molecule has 0 spiro atoms. The molecule has 1 amide bonds. The molecule has 2 aromatic rings. The molecule has 0 atom stereocenters. The largest absolute Gasteiger partial charge is 0.434 e. The third kappa shape index (κ3) is 8.38. The summed E-state index contributed by atoms with van der Waals surface area (Å²) >= 11 is 1.59. The number of rotatable bonds is 8. The average Bonchev–Trinajstić information content (AvgIpc) is 3.15. The van der Waals surface area contributed by atoms with Gasteiger partial charge in [0.25, 0.3) is 0 Å². The van der Waals surface area contributed by atoms with Gasteiger partial charge in [-0.1, -0.05) is 24.3 Å². The first-order valence-corrected chi connectivity index (χ1v) is 9.11. The number of ether oxygens (including phenoxy) is 1. The van der Waals surface area contributed by atoms with Crippen molar-refractivity contribution in [2.75, 3.05) is 20.6 Å². The Morgan fingerprint density at radius 3 is 2.61 bits per heavy atom. The van der Waals surface area contributed by atoms with Crippen LogP contribution in [0.1, 0.15) is 10.4 Å². The highest BCUT2D eigenvalue weighted by Crippen LogP contribution is 2.21. The van der Waals surface area contributed by atoms with E-state index in [1.165, 1.54) is 11.0 Å². The summed E-state index contributed by atoms with van der Waals surface area (Å²) in [5.74, 6) is 0.380. The highest BCUT2D eigenvalue weighted by Gasteiger charge is 2.10. The van der Waals surface area contributed by atoms with Gasteiger partial charge in [-0.05, 0) is 17.5 Å². The number of nitrogens with zero attached hydrogens (tertiary/aromatic N) is 2. The molecule has 6 nitrogen and oxygen atoms in total. The fourth-order valence-corrected chi connectivity index (χ4v) is 2.73. The number of para-hydroxylation sites is 1. The molecule has 0 saturated carbocycles. The number of benzene rings is 1. The zero-order valence-electron chi connectivity index (χ0n) is 15.5. The van der Waals surface area contributed by atoms with Crippen LogP contribution in [0.5, 0.6) is 5.75 Å². The highest BCUT2D eigenvalue weighted by atomic mass is 127. The Bertz CT molecular complexity index is 758. The van der Waals surface area contributed by atoms with E-state index in [2.05, 4.69) is 20.4 Å². The number of hydrogen-bond acceptors (Lipinski definition) is 4. The summed E-state index contributed by atoms with van der Waals surface area (Å²) < 4.78 is 29.6. The number of carbonyl (C=O) groups is 1. The summed E-state index contributed by atoms with van der Waals surface area (Å²) in [6.45, 7) is -2.17. The Balaban J connectivity index is 0.00000392. The summed E-state index contributed by atoms with van der Waals surface area (Å²) in [6.07, 6.45) is 0. The molecule has 0 unspecified atom stereocenters. The van der Waals surface area contributed by atoms with E-state index in [4.69, 9.17) is 0 Å². The Morgan fingerprint density at radius 1 is 1.21 bits per heavy atom. The number of thiophene rings is 1. The number of hydrogen-bond donors (Lipinski definition) is 2. The van der Waals surface area contributed by atoms with Gasteiger partial charge in [-0.3, -0.25) is 4.79 Å². The van der Waals surface area contributed by atoms with Gasteiger partial charge >= 0.3 is 6.61 Å². The molecule has 0 radical (unpaired) electrons. The standard InChI is InChI=1S/C18H22F2N4O2S.HI/c1-24(2)16(25)12-23-18(22-11-14-7-5-9-27-14)21-10-13-6-3-4-8-15(13)26-17(19)20;/h3-9,17H,10-12H2,1-2H3,(H2,21,22,23);1H. The van der Waals surface area contributed by atoms with Gasteiger partial charge in [0, 0.05) is 24.5 Å². The van der Waals surface area contributed by atoms with E-state index >= 15 is 0 Å². The zero-order chi connectivity index (χ0) is 19.6. The molecule has 2 rings (SSSR count). The van der Waals surface area contributed by atoms with Crippen molar-refractivity contribution in [3.63, 3.8) is 0 Å². The molecule has 0 aliphatic rings. The second-order valence-corrected chi connectivity index (χ2v) is 6.76. The lowest BCUT2D eigenvalue weighted by atomic mass is 10.2. The molecule has 1 aromatic heterocycles. The van der Waals surface area contributed by atoms with Crippen LogP contribution in [0.2, 0.25) is 0 Å². The minimum absolute atomic E-state index is 0. The van der Waals surface area contributed by atoms with Crippen LogP contribution in [-0.4, -0.2) is 44.0 Å². The van der Waals surface area contributed by atoms with Gasteiger partial charge in [0.15, 0.2) is 5.96 Å². The van der Waals surface area contributed by atoms with Crippen molar-refractivity contribution in [2.24, 2.45) is 4.99 Å². The maximum absolute atomic E-state index is 12.5. The quantitative estimate of drug-likeness (QED) is 0.316. The van der Waals surface area contributed by atoms with Crippen LogP contribution in [0.25, 0.3) is 0 Å². The molecule has 1 aromatic carbocycles. The fraction of sp³-hybridized carbons (Fsp3) is 0.333. The summed E-state index contributed by atoms with van der Waals surface area (Å²) in [7, 11) is 3.33. The van der Waals surface area contributed by atoms with Gasteiger partial charge in [0.1, 0.15) is 5.75 Å². The van der Waals surface area contributed by atoms with E-state index in [9.17, 15) is 13.6 Å². The second kappa shape index (κ2) is 12.5. The van der Waals surface area contributed by atoms with Crippen LogP contribution in [-0.2, 0) is 17.9 Å². The van der Waals surface area contributed by atoms with E-state index in [1.807, 2.05) is 17.5 Å². The van der Waals surface area contributed by atoms with Gasteiger partial charge in [-0.15, -0.1) is 35.3 Å². The van der Waals surface area contributed by atoms with Crippen molar-refractivity contribution < 1.29 is 18.3 Å². The monoisotopic (exact) mass is 524 g/mol. The van der Waals surface area contributed by atoms with E-state index in [0.29, 0.717) is 18.1 Å². The molecule has 1 heterocycles. The maximum atomic E-state index is 12.5. The van der Waals surface area contributed by atoms with Crippen molar-refractivity contribution in [3.05, 3.63) is 52.2 Å². The number of carbonyl (C=O) groups excluding carboxylic acids is 1. The molecule has 0 bridgehead atoms. The van der Waals surface area contributed by atoms with Crippen molar-refractivity contribution in [1.29, 1.82) is 0 Å². The molecule has 28 heavy (non-hydrogen) atoms. The van der Waals surface area contributed by atoms with E-state index in [0.717, 1.165) is 4.88 Å². The number of likely N-dealkylation sites (N-methyl/N-ethyl adjacent to an activating group) is 1. The van der Waals surface area contributed by atoms with Gasteiger partial charge < -0.3 is 20.3 Å². The summed E-state index contributed by atoms with van der Waals surface area (Å²) in [6, 6.07) is 10.4. The minimum Gasteiger partial charge on any atom is -0.434 e. The first-order valence-electron chi connectivity index (χ1n) is 8.23. The minimum atomic E-state index is -2.90. The maximum Gasteiger partial charge on any atom is 0.387 e. The molecule has 0 aliphatic heterocycles. The van der Waals surface area contributed by atoms with Crippen LogP contribution in [0.15, 0.2) is 46.8 Å². The molecule has 0 saturated heterocycles. The van der Waals surface area contributed by atoms with E-state index < -0.39 is 6.61 Å². The average molecular weight is 524 g/mol. The van der Waals surface area contributed by atoms with E-state index in [-0.39, 0.29) is 48.7 Å². The smallest absolute Gasteiger partial charge is 0.387 e. The Labute approximate surface area is 184 Å². The summed E-state index contributed by atoms with van der Waals surface area (Å²) in [4.78, 5) is 18.8. The van der Waals surface area contributed by atoms with Crippen LogP contribution >= 0.6 is 35.3 Å². The fourth-order valence-electron chi connectivity index (χ4n) is 2.09. The normalized spacial score (nSPS) is 11.0. The number of halogens is 3. The first-order chi connectivity index (χ1) is 13.0. The molecular weight excluding hydrogens is 501 g/mol. The number of alkyl halides is 2. The Morgan fingerprint density at radius 2 is 1.96 bits per heavy atom. The van der Waals surface area contributed by atoms with Gasteiger partial charge in [0.2, 0.25) is 5.91 Å². The second-order valence-electron chi connectivity index (χ2n) is 5.73.